The van der Waals surface area contributed by atoms with Gasteiger partial charge in [0, 0.05) is 41.9 Å². The Kier molecular flexibility index (Phi) is 6.68. The maximum Gasteiger partial charge on any atom is 0.264 e. The lowest BCUT2D eigenvalue weighted by molar-refractivity contribution is -0.127. The van der Waals surface area contributed by atoms with E-state index >= 15 is 0 Å². The van der Waals surface area contributed by atoms with Gasteiger partial charge in [-0.05, 0) is 37.8 Å². The number of benzene rings is 1. The van der Waals surface area contributed by atoms with Gasteiger partial charge in [-0.2, -0.15) is 0 Å². The van der Waals surface area contributed by atoms with Crippen LogP contribution >= 0.6 is 11.3 Å². The molecule has 1 aromatic heterocycles. The fourth-order valence-corrected chi connectivity index (χ4v) is 5.90. The summed E-state index contributed by atoms with van der Waals surface area (Å²) in [5.41, 5.74) is 0.606. The van der Waals surface area contributed by atoms with Crippen molar-refractivity contribution >= 4 is 33.2 Å². The molecule has 0 radical (unpaired) electrons. The maximum absolute atomic E-state index is 14.5. The third kappa shape index (κ3) is 4.37. The van der Waals surface area contributed by atoms with E-state index in [1.54, 1.807) is 18.1 Å². The fraction of sp³-hybridized carbons (Fsp3) is 0.565. The SMILES string of the molecule is COCc1c(C(=O)N2CCCC(C(=O)NC3CCCCC3)C2)sc2cccc(F)c12. The Morgan fingerprint density at radius 2 is 2.00 bits per heavy atom. The molecule has 2 heterocycles. The Bertz CT molecular complexity index is 923. The molecule has 0 spiro atoms. The summed E-state index contributed by atoms with van der Waals surface area (Å²) in [5, 5.41) is 3.67. The van der Waals surface area contributed by atoms with Crippen LogP contribution in [0.5, 0.6) is 0 Å². The molecule has 4 rings (SSSR count). The molecule has 1 unspecified atom stereocenters. The highest BCUT2D eigenvalue weighted by molar-refractivity contribution is 7.21. The van der Waals surface area contributed by atoms with E-state index in [2.05, 4.69) is 5.32 Å². The number of fused-ring (bicyclic) bond motifs is 1. The highest BCUT2D eigenvalue weighted by Gasteiger charge is 2.32. The quantitative estimate of drug-likeness (QED) is 0.757. The Balaban J connectivity index is 1.51. The molecule has 1 N–H and O–H groups in total. The van der Waals surface area contributed by atoms with Gasteiger partial charge in [-0.1, -0.05) is 25.3 Å². The molecule has 2 amide bonds. The first-order chi connectivity index (χ1) is 14.6. The normalized spacial score (nSPS) is 20.5. The van der Waals surface area contributed by atoms with Gasteiger partial charge >= 0.3 is 0 Å². The molecule has 1 saturated carbocycles. The number of rotatable bonds is 5. The molecule has 1 saturated heterocycles. The number of halogens is 1. The lowest BCUT2D eigenvalue weighted by Gasteiger charge is -2.33. The van der Waals surface area contributed by atoms with Crippen molar-refractivity contribution in [2.45, 2.75) is 57.6 Å². The summed E-state index contributed by atoms with van der Waals surface area (Å²) in [6, 6.07) is 5.17. The molecule has 2 fully saturated rings. The average molecular weight is 433 g/mol. The van der Waals surface area contributed by atoms with Crippen molar-refractivity contribution in [3.05, 3.63) is 34.5 Å². The zero-order valence-electron chi connectivity index (χ0n) is 17.4. The topological polar surface area (TPSA) is 58.6 Å². The Labute approximate surface area is 180 Å². The van der Waals surface area contributed by atoms with Crippen LogP contribution in [0.3, 0.4) is 0 Å². The van der Waals surface area contributed by atoms with Crippen LogP contribution in [0.25, 0.3) is 10.1 Å². The van der Waals surface area contributed by atoms with Gasteiger partial charge in [-0.25, -0.2) is 4.39 Å². The molecule has 2 aliphatic rings. The number of hydrogen-bond donors (Lipinski definition) is 1. The largest absolute Gasteiger partial charge is 0.380 e. The minimum Gasteiger partial charge on any atom is -0.380 e. The Morgan fingerprint density at radius 3 is 2.77 bits per heavy atom. The summed E-state index contributed by atoms with van der Waals surface area (Å²) in [6.45, 7) is 1.22. The Hall–Kier alpha value is -1.99. The molecular weight excluding hydrogens is 403 g/mol. The van der Waals surface area contributed by atoms with Crippen LogP contribution in [-0.2, 0) is 16.1 Å². The Morgan fingerprint density at radius 1 is 1.20 bits per heavy atom. The predicted molar refractivity (Wildman–Crippen MR) is 116 cm³/mol. The molecule has 0 bridgehead atoms. The van der Waals surface area contributed by atoms with Crippen LogP contribution in [0.2, 0.25) is 0 Å². The van der Waals surface area contributed by atoms with Gasteiger partial charge in [0.25, 0.3) is 5.91 Å². The number of ether oxygens (including phenoxy) is 1. The zero-order valence-corrected chi connectivity index (χ0v) is 18.2. The summed E-state index contributed by atoms with van der Waals surface area (Å²) < 4.78 is 20.5. The molecule has 1 aromatic carbocycles. The van der Waals surface area contributed by atoms with E-state index in [9.17, 15) is 14.0 Å². The number of likely N-dealkylation sites (tertiary alicyclic amines) is 1. The molecule has 7 heteroatoms. The number of amides is 2. The third-order valence-corrected chi connectivity index (χ3v) is 7.46. The van der Waals surface area contributed by atoms with Crippen molar-refractivity contribution in [2.24, 2.45) is 5.92 Å². The predicted octanol–water partition coefficient (Wildman–Crippen LogP) is 4.49. The molecular formula is C23H29FN2O3S. The number of thiophene rings is 1. The number of hydrogen-bond acceptors (Lipinski definition) is 4. The third-order valence-electron chi connectivity index (χ3n) is 6.28. The number of nitrogens with zero attached hydrogens (tertiary/aromatic N) is 1. The van der Waals surface area contributed by atoms with Crippen molar-refractivity contribution < 1.29 is 18.7 Å². The first-order valence-corrected chi connectivity index (χ1v) is 11.7. The smallest absolute Gasteiger partial charge is 0.264 e. The maximum atomic E-state index is 14.5. The van der Waals surface area contributed by atoms with E-state index in [-0.39, 0.29) is 36.2 Å². The monoisotopic (exact) mass is 432 g/mol. The number of carbonyl (C=O) groups excluding carboxylic acids is 2. The standard InChI is InChI=1S/C23H29FN2O3S/c1-29-14-17-20-18(24)10-5-11-19(20)30-21(17)23(28)26-12-6-7-15(13-26)22(27)25-16-8-3-2-4-9-16/h5,10-11,15-16H,2-4,6-9,12-14H2,1H3,(H,25,27). The van der Waals surface area contributed by atoms with E-state index in [1.165, 1.54) is 36.7 Å². The molecule has 30 heavy (non-hydrogen) atoms. The number of piperidine rings is 1. The molecule has 5 nitrogen and oxygen atoms in total. The summed E-state index contributed by atoms with van der Waals surface area (Å²) in [5.74, 6) is -0.573. The highest BCUT2D eigenvalue weighted by atomic mass is 32.1. The summed E-state index contributed by atoms with van der Waals surface area (Å²) in [6.07, 6.45) is 7.29. The van der Waals surface area contributed by atoms with Crippen LogP contribution in [0.1, 0.15) is 60.2 Å². The first-order valence-electron chi connectivity index (χ1n) is 10.9. The van der Waals surface area contributed by atoms with Gasteiger partial charge in [0.15, 0.2) is 0 Å². The second-order valence-corrected chi connectivity index (χ2v) is 9.44. The molecule has 1 aliphatic heterocycles. The van der Waals surface area contributed by atoms with E-state index < -0.39 is 0 Å². The van der Waals surface area contributed by atoms with E-state index in [1.807, 2.05) is 6.07 Å². The van der Waals surface area contributed by atoms with Crippen LogP contribution in [0.4, 0.5) is 4.39 Å². The van der Waals surface area contributed by atoms with Crippen LogP contribution in [0.15, 0.2) is 18.2 Å². The van der Waals surface area contributed by atoms with Crippen LogP contribution < -0.4 is 5.32 Å². The van der Waals surface area contributed by atoms with Crippen LogP contribution in [0, 0.1) is 11.7 Å². The van der Waals surface area contributed by atoms with E-state index in [4.69, 9.17) is 4.74 Å². The van der Waals surface area contributed by atoms with Gasteiger partial charge in [0.05, 0.1) is 17.4 Å². The van der Waals surface area contributed by atoms with Gasteiger partial charge in [0.2, 0.25) is 5.91 Å². The second kappa shape index (κ2) is 9.43. The van der Waals surface area contributed by atoms with Crippen molar-refractivity contribution in [1.29, 1.82) is 0 Å². The average Bonchev–Trinajstić information content (AvgIpc) is 3.14. The van der Waals surface area contributed by atoms with Gasteiger partial charge < -0.3 is 15.0 Å². The van der Waals surface area contributed by atoms with Gasteiger partial charge in [-0.15, -0.1) is 11.3 Å². The molecule has 1 aliphatic carbocycles. The minimum atomic E-state index is -0.335. The van der Waals surface area contributed by atoms with Crippen molar-refractivity contribution in [1.82, 2.24) is 10.2 Å². The highest BCUT2D eigenvalue weighted by Crippen LogP contribution is 2.35. The van der Waals surface area contributed by atoms with Gasteiger partial charge in [0.1, 0.15) is 5.82 Å². The fourth-order valence-electron chi connectivity index (χ4n) is 4.71. The lowest BCUT2D eigenvalue weighted by Crippen LogP contribution is -2.47. The molecule has 2 aromatic rings. The summed E-state index contributed by atoms with van der Waals surface area (Å²) >= 11 is 1.31. The molecule has 162 valence electrons. The van der Waals surface area contributed by atoms with E-state index in [0.29, 0.717) is 28.9 Å². The summed E-state index contributed by atoms with van der Waals surface area (Å²) in [7, 11) is 1.55. The lowest BCUT2D eigenvalue weighted by atomic mass is 9.93. The van der Waals surface area contributed by atoms with Crippen LogP contribution in [-0.4, -0.2) is 43.0 Å². The molecule has 1 atom stereocenters. The number of methoxy groups -OCH3 is 1. The second-order valence-electron chi connectivity index (χ2n) is 8.39. The minimum absolute atomic E-state index is 0.0684. The zero-order chi connectivity index (χ0) is 21.1. The first kappa shape index (κ1) is 21.2. The van der Waals surface area contributed by atoms with Crippen molar-refractivity contribution in [3.8, 4) is 0 Å². The van der Waals surface area contributed by atoms with E-state index in [0.717, 1.165) is 30.4 Å². The number of nitrogens with one attached hydrogen (secondary N) is 1. The van der Waals surface area contributed by atoms with Gasteiger partial charge in [-0.3, -0.25) is 9.59 Å². The van der Waals surface area contributed by atoms with Crippen molar-refractivity contribution in [3.63, 3.8) is 0 Å². The van der Waals surface area contributed by atoms with Crippen molar-refractivity contribution in [2.75, 3.05) is 20.2 Å². The number of carbonyl (C=O) groups is 2. The summed E-state index contributed by atoms with van der Waals surface area (Å²) in [4.78, 5) is 28.5.